The number of fused-ring (bicyclic) bond motifs is 1. The average Bonchev–Trinajstić information content (AvgIpc) is 3.18. The van der Waals surface area contributed by atoms with E-state index in [-0.39, 0.29) is 12.6 Å². The zero-order valence-corrected chi connectivity index (χ0v) is 14.1. The first-order chi connectivity index (χ1) is 12.1. The first-order valence-corrected chi connectivity index (χ1v) is 8.10. The van der Waals surface area contributed by atoms with Crippen LogP contribution < -0.4 is 10.6 Å². The summed E-state index contributed by atoms with van der Waals surface area (Å²) in [7, 11) is 1.93. The van der Waals surface area contributed by atoms with Crippen molar-refractivity contribution in [3.05, 3.63) is 16.8 Å². The molecule has 3 rings (SSSR count). The fourth-order valence-corrected chi connectivity index (χ4v) is 3.11. The van der Waals surface area contributed by atoms with Gasteiger partial charge in [0.15, 0.2) is 11.5 Å². The number of imidazole rings is 1. The van der Waals surface area contributed by atoms with Gasteiger partial charge in [0.1, 0.15) is 11.7 Å². The van der Waals surface area contributed by atoms with Crippen molar-refractivity contribution in [2.24, 2.45) is 5.11 Å². The number of ether oxygens (including phenoxy) is 1. The van der Waals surface area contributed by atoms with E-state index in [9.17, 15) is 5.11 Å². The highest BCUT2D eigenvalue weighted by molar-refractivity contribution is 5.85. The van der Waals surface area contributed by atoms with Crippen molar-refractivity contribution in [1.82, 2.24) is 19.5 Å². The number of aliphatic hydroxyl groups excluding tert-OH is 1. The lowest BCUT2D eigenvalue weighted by atomic mass is 10.1. The van der Waals surface area contributed by atoms with Gasteiger partial charge >= 0.3 is 0 Å². The van der Waals surface area contributed by atoms with E-state index >= 15 is 0 Å². The molecule has 11 heteroatoms. The number of aliphatic hydroxyl groups is 1. The van der Waals surface area contributed by atoms with Gasteiger partial charge in [0.05, 0.1) is 25.1 Å². The molecule has 3 N–H and O–H groups in total. The summed E-state index contributed by atoms with van der Waals surface area (Å²) in [5.41, 5.74) is 15.7. The monoisotopic (exact) mass is 347 g/mol. The second-order valence-corrected chi connectivity index (χ2v) is 5.97. The minimum Gasteiger partial charge on any atom is -0.394 e. The van der Waals surface area contributed by atoms with E-state index in [1.165, 1.54) is 0 Å². The van der Waals surface area contributed by atoms with Crippen LogP contribution in [0.25, 0.3) is 21.6 Å². The molecule has 0 aromatic carbocycles. The Morgan fingerprint density at radius 1 is 1.56 bits per heavy atom. The first-order valence-electron chi connectivity index (χ1n) is 8.10. The normalized spacial score (nSPS) is 22.9. The van der Waals surface area contributed by atoms with Crippen LogP contribution in [-0.2, 0) is 4.74 Å². The van der Waals surface area contributed by atoms with Crippen molar-refractivity contribution in [1.29, 1.82) is 0 Å². The lowest BCUT2D eigenvalue weighted by molar-refractivity contribution is -0.0230. The van der Waals surface area contributed by atoms with Crippen LogP contribution >= 0.6 is 0 Å². The molecule has 134 valence electrons. The Kier molecular flexibility index (Phi) is 4.88. The fourth-order valence-electron chi connectivity index (χ4n) is 3.11. The Bertz CT molecular complexity index is 801. The molecule has 1 saturated heterocycles. The van der Waals surface area contributed by atoms with E-state index < -0.39 is 18.4 Å². The van der Waals surface area contributed by atoms with Gasteiger partial charge in [-0.05, 0) is 12.0 Å². The topological polar surface area (TPSA) is 151 Å². The van der Waals surface area contributed by atoms with Crippen LogP contribution in [0.3, 0.4) is 0 Å². The minimum atomic E-state index is -0.551. The molecule has 0 unspecified atom stereocenters. The first kappa shape index (κ1) is 17.2. The number of azide groups is 1. The zero-order valence-electron chi connectivity index (χ0n) is 14.1. The average molecular weight is 347 g/mol. The summed E-state index contributed by atoms with van der Waals surface area (Å²) < 4.78 is 7.67. The van der Waals surface area contributed by atoms with Crippen molar-refractivity contribution in [2.75, 3.05) is 30.8 Å². The maximum atomic E-state index is 9.46. The molecule has 3 heterocycles. The molecule has 1 fully saturated rings. The number of hydrogen-bond donors (Lipinski definition) is 2. The summed E-state index contributed by atoms with van der Waals surface area (Å²) in [6, 6.07) is -0.441. The highest BCUT2D eigenvalue weighted by Gasteiger charge is 2.36. The molecule has 3 atom stereocenters. The van der Waals surface area contributed by atoms with Crippen LogP contribution in [0.1, 0.15) is 26.0 Å². The minimum absolute atomic E-state index is 0.156. The molecule has 11 nitrogen and oxygen atoms in total. The highest BCUT2D eigenvalue weighted by atomic mass is 16.5. The van der Waals surface area contributed by atoms with E-state index in [1.807, 2.05) is 16.5 Å². The van der Waals surface area contributed by atoms with Crippen LogP contribution in [0, 0.1) is 0 Å². The maximum Gasteiger partial charge on any atom is 0.224 e. The molecule has 1 aliphatic heterocycles. The fraction of sp³-hybridized carbons (Fsp3) is 0.643. The van der Waals surface area contributed by atoms with Gasteiger partial charge in [0.2, 0.25) is 5.95 Å². The highest BCUT2D eigenvalue weighted by Crippen LogP contribution is 2.35. The van der Waals surface area contributed by atoms with Crippen molar-refractivity contribution in [2.45, 2.75) is 38.1 Å². The van der Waals surface area contributed by atoms with Gasteiger partial charge in [-0.3, -0.25) is 4.57 Å². The summed E-state index contributed by atoms with van der Waals surface area (Å²) in [5.74, 6) is 0.821. The summed E-state index contributed by atoms with van der Waals surface area (Å²) in [4.78, 5) is 17.7. The third kappa shape index (κ3) is 3.16. The molecule has 0 amide bonds. The van der Waals surface area contributed by atoms with E-state index in [1.54, 1.807) is 6.33 Å². The number of anilines is 2. The molecule has 0 saturated carbocycles. The molecular formula is C14H21N9O2. The lowest BCUT2D eigenvalue weighted by Crippen LogP contribution is -2.23. The Balaban J connectivity index is 2.04. The number of aromatic nitrogens is 4. The van der Waals surface area contributed by atoms with E-state index in [4.69, 9.17) is 16.0 Å². The summed E-state index contributed by atoms with van der Waals surface area (Å²) >= 11 is 0. The largest absolute Gasteiger partial charge is 0.394 e. The Labute approximate surface area is 144 Å². The summed E-state index contributed by atoms with van der Waals surface area (Å²) in [6.45, 7) is 2.65. The Hall–Kier alpha value is -2.62. The molecule has 0 spiro atoms. The molecule has 2 aromatic heterocycles. The number of nitrogen functional groups attached to an aromatic ring is 1. The molecule has 0 bridgehead atoms. The maximum absolute atomic E-state index is 9.46. The van der Waals surface area contributed by atoms with Crippen LogP contribution in [0.5, 0.6) is 0 Å². The van der Waals surface area contributed by atoms with E-state index in [0.717, 1.165) is 13.0 Å². The van der Waals surface area contributed by atoms with Gasteiger partial charge in [-0.15, -0.1) is 0 Å². The third-order valence-electron chi connectivity index (χ3n) is 4.24. The number of nitrogens with two attached hydrogens (primary N) is 1. The molecule has 2 aromatic rings. The molecule has 0 aliphatic carbocycles. The van der Waals surface area contributed by atoms with Crippen LogP contribution in [0.2, 0.25) is 0 Å². The zero-order chi connectivity index (χ0) is 18.0. The van der Waals surface area contributed by atoms with Gasteiger partial charge in [-0.1, -0.05) is 12.0 Å². The van der Waals surface area contributed by atoms with E-state index in [0.29, 0.717) is 23.4 Å². The van der Waals surface area contributed by atoms with Gasteiger partial charge in [-0.25, -0.2) is 4.98 Å². The Morgan fingerprint density at radius 2 is 2.36 bits per heavy atom. The van der Waals surface area contributed by atoms with E-state index in [2.05, 4.69) is 31.9 Å². The molecule has 0 radical (unpaired) electrons. The van der Waals surface area contributed by atoms with Crippen LogP contribution in [-0.4, -0.2) is 57.0 Å². The van der Waals surface area contributed by atoms with Crippen LogP contribution in [0.15, 0.2) is 11.4 Å². The number of hydrogen-bond acceptors (Lipinski definition) is 8. The standard InChI is InChI=1S/C14H21N9O2/c1-3-4-22(2)13-11-12(18-14(15)19-13)17-7-23(11)10-5-8(20-21-16)9(6-24)25-10/h7-10,24H,3-6H2,1-2H3,(H2,15,18,19)/t8-,9+,10+/m0/s1. The summed E-state index contributed by atoms with van der Waals surface area (Å²) in [5, 5.41) is 13.2. The predicted molar refractivity (Wildman–Crippen MR) is 91.8 cm³/mol. The number of nitrogens with zero attached hydrogens (tertiary/aromatic N) is 8. The molecule has 25 heavy (non-hydrogen) atoms. The second-order valence-electron chi connectivity index (χ2n) is 5.97. The number of rotatable bonds is 6. The SMILES string of the molecule is CCCN(C)c1nc(N)nc2ncn([C@H]3C[C@H](N=[N+]=[N-])[C@@H](CO)O3)c12. The van der Waals surface area contributed by atoms with Gasteiger partial charge < -0.3 is 20.5 Å². The quantitative estimate of drug-likeness (QED) is 0.452. The van der Waals surface area contributed by atoms with Crippen molar-refractivity contribution >= 4 is 22.9 Å². The Morgan fingerprint density at radius 3 is 3.04 bits per heavy atom. The predicted octanol–water partition coefficient (Wildman–Crippen LogP) is 1.21. The smallest absolute Gasteiger partial charge is 0.224 e. The van der Waals surface area contributed by atoms with Crippen molar-refractivity contribution < 1.29 is 9.84 Å². The van der Waals surface area contributed by atoms with Gasteiger partial charge in [-0.2, -0.15) is 9.97 Å². The van der Waals surface area contributed by atoms with Gasteiger partial charge in [0, 0.05) is 24.9 Å². The van der Waals surface area contributed by atoms with Crippen LogP contribution in [0.4, 0.5) is 11.8 Å². The lowest BCUT2D eigenvalue weighted by Gasteiger charge is -2.21. The second kappa shape index (κ2) is 7.09. The molecular weight excluding hydrogens is 326 g/mol. The third-order valence-corrected chi connectivity index (χ3v) is 4.24. The van der Waals surface area contributed by atoms with Gasteiger partial charge in [0.25, 0.3) is 0 Å². The van der Waals surface area contributed by atoms with Crippen molar-refractivity contribution in [3.8, 4) is 0 Å². The van der Waals surface area contributed by atoms with Crippen molar-refractivity contribution in [3.63, 3.8) is 0 Å². The molecule has 1 aliphatic rings. The summed E-state index contributed by atoms with van der Waals surface area (Å²) in [6.07, 6.45) is 2.01.